The average Bonchev–Trinajstić information content (AvgIpc) is 2.27. The minimum Gasteiger partial charge on any atom is -0.493 e. The maximum Gasteiger partial charge on any atom is 0.311 e. The van der Waals surface area contributed by atoms with Crippen molar-refractivity contribution in [3.8, 4) is 11.5 Å². The van der Waals surface area contributed by atoms with Gasteiger partial charge in [-0.25, -0.2) is 0 Å². The van der Waals surface area contributed by atoms with E-state index in [4.69, 9.17) is 9.47 Å². The van der Waals surface area contributed by atoms with Crippen molar-refractivity contribution in [2.24, 2.45) is 0 Å². The van der Waals surface area contributed by atoms with Gasteiger partial charge in [0.05, 0.1) is 19.1 Å². The van der Waals surface area contributed by atoms with E-state index < -0.39 is 11.9 Å². The number of ether oxygens (including phenoxy) is 2. The van der Waals surface area contributed by atoms with E-state index in [1.165, 1.54) is 0 Å². The molecule has 0 amide bonds. The van der Waals surface area contributed by atoms with Crippen LogP contribution in [-0.2, 0) is 4.79 Å². The number of fused-ring (bicyclic) bond motifs is 1. The summed E-state index contributed by atoms with van der Waals surface area (Å²) in [5.41, 5.74) is 0.699. The smallest absolute Gasteiger partial charge is 0.311 e. The SMILES string of the molecule is COc1cccc2c1OC(C)CC2C(=O)O. The molecule has 0 aromatic heterocycles. The maximum atomic E-state index is 11.2. The van der Waals surface area contributed by atoms with Crippen molar-refractivity contribution in [1.82, 2.24) is 0 Å². The van der Waals surface area contributed by atoms with E-state index in [2.05, 4.69) is 0 Å². The van der Waals surface area contributed by atoms with E-state index in [0.717, 1.165) is 0 Å². The number of benzene rings is 1. The predicted octanol–water partition coefficient (Wildman–Crippen LogP) is 2.03. The molecule has 2 atom stereocenters. The van der Waals surface area contributed by atoms with Crippen LogP contribution in [0.15, 0.2) is 18.2 Å². The quantitative estimate of drug-likeness (QED) is 0.831. The summed E-state index contributed by atoms with van der Waals surface area (Å²) in [4.78, 5) is 11.2. The van der Waals surface area contributed by atoms with Crippen LogP contribution < -0.4 is 9.47 Å². The molecule has 86 valence electrons. The molecule has 16 heavy (non-hydrogen) atoms. The van der Waals surface area contributed by atoms with Crippen LogP contribution in [0.1, 0.15) is 24.8 Å². The predicted molar refractivity (Wildman–Crippen MR) is 58.1 cm³/mol. The Kier molecular flexibility index (Phi) is 2.73. The molecule has 1 aromatic carbocycles. The second-order valence-electron chi connectivity index (χ2n) is 3.93. The number of carboxylic acid groups (broad SMARTS) is 1. The lowest BCUT2D eigenvalue weighted by Crippen LogP contribution is -2.27. The molecular formula is C12H14O4. The van der Waals surface area contributed by atoms with Crippen LogP contribution in [0.3, 0.4) is 0 Å². The van der Waals surface area contributed by atoms with Crippen molar-refractivity contribution < 1.29 is 19.4 Å². The van der Waals surface area contributed by atoms with Gasteiger partial charge in [0.25, 0.3) is 0 Å². The Labute approximate surface area is 93.8 Å². The Morgan fingerprint density at radius 2 is 2.31 bits per heavy atom. The summed E-state index contributed by atoms with van der Waals surface area (Å²) in [6, 6.07) is 5.34. The summed E-state index contributed by atoms with van der Waals surface area (Å²) >= 11 is 0. The molecule has 4 nitrogen and oxygen atoms in total. The Morgan fingerprint density at radius 3 is 2.94 bits per heavy atom. The number of methoxy groups -OCH3 is 1. The van der Waals surface area contributed by atoms with Crippen molar-refractivity contribution in [2.75, 3.05) is 7.11 Å². The van der Waals surface area contributed by atoms with Crippen molar-refractivity contribution in [2.45, 2.75) is 25.4 Å². The number of hydrogen-bond acceptors (Lipinski definition) is 3. The minimum atomic E-state index is -0.815. The van der Waals surface area contributed by atoms with E-state index in [1.807, 2.05) is 6.92 Å². The van der Waals surface area contributed by atoms with Crippen molar-refractivity contribution in [3.63, 3.8) is 0 Å². The number of para-hydroxylation sites is 1. The van der Waals surface area contributed by atoms with Crippen LogP contribution in [0.4, 0.5) is 0 Å². The number of hydrogen-bond donors (Lipinski definition) is 1. The highest BCUT2D eigenvalue weighted by atomic mass is 16.5. The van der Waals surface area contributed by atoms with Gasteiger partial charge in [-0.15, -0.1) is 0 Å². The third-order valence-corrected chi connectivity index (χ3v) is 2.79. The molecule has 0 bridgehead atoms. The zero-order chi connectivity index (χ0) is 11.7. The van der Waals surface area contributed by atoms with E-state index >= 15 is 0 Å². The van der Waals surface area contributed by atoms with Gasteiger partial charge in [-0.05, 0) is 13.0 Å². The highest BCUT2D eigenvalue weighted by Gasteiger charge is 2.32. The minimum absolute atomic E-state index is 0.107. The van der Waals surface area contributed by atoms with Gasteiger partial charge in [0.1, 0.15) is 0 Å². The van der Waals surface area contributed by atoms with Gasteiger partial charge in [0.2, 0.25) is 0 Å². The summed E-state index contributed by atoms with van der Waals surface area (Å²) in [6.07, 6.45) is 0.389. The molecule has 4 heteroatoms. The van der Waals surface area contributed by atoms with Crippen molar-refractivity contribution in [1.29, 1.82) is 0 Å². The number of aliphatic carboxylic acids is 1. The summed E-state index contributed by atoms with van der Waals surface area (Å²) in [6.45, 7) is 1.87. The molecule has 2 unspecified atom stereocenters. The lowest BCUT2D eigenvalue weighted by atomic mass is 9.90. The number of carbonyl (C=O) groups is 1. The van der Waals surface area contributed by atoms with Crippen LogP contribution in [0.25, 0.3) is 0 Å². The fourth-order valence-electron chi connectivity index (χ4n) is 2.04. The van der Waals surface area contributed by atoms with Crippen molar-refractivity contribution in [3.05, 3.63) is 23.8 Å². The molecule has 0 saturated carbocycles. The molecule has 1 aliphatic rings. The summed E-state index contributed by atoms with van der Waals surface area (Å²) in [7, 11) is 1.55. The monoisotopic (exact) mass is 222 g/mol. The Morgan fingerprint density at radius 1 is 1.56 bits per heavy atom. The first-order valence-corrected chi connectivity index (χ1v) is 5.20. The van der Waals surface area contributed by atoms with Crippen LogP contribution in [0, 0.1) is 0 Å². The van der Waals surface area contributed by atoms with Gasteiger partial charge in [-0.1, -0.05) is 12.1 Å². The summed E-state index contributed by atoms with van der Waals surface area (Å²) in [5, 5.41) is 9.17. The van der Waals surface area contributed by atoms with Gasteiger partial charge in [0.15, 0.2) is 11.5 Å². The van der Waals surface area contributed by atoms with Gasteiger partial charge in [-0.3, -0.25) is 4.79 Å². The molecule has 0 fully saturated rings. The summed E-state index contributed by atoms with van der Waals surface area (Å²) in [5.74, 6) is -0.162. The molecule has 0 radical (unpaired) electrons. The van der Waals surface area contributed by atoms with Gasteiger partial charge in [-0.2, -0.15) is 0 Å². The van der Waals surface area contributed by atoms with E-state index in [1.54, 1.807) is 25.3 Å². The standard InChI is InChI=1S/C12H14O4/c1-7-6-9(12(13)14)8-4-3-5-10(15-2)11(8)16-7/h3-5,7,9H,6H2,1-2H3,(H,13,14). The summed E-state index contributed by atoms with van der Waals surface area (Å²) < 4.78 is 10.8. The third kappa shape index (κ3) is 1.71. The number of rotatable bonds is 2. The first-order valence-electron chi connectivity index (χ1n) is 5.20. The van der Waals surface area contributed by atoms with Crippen molar-refractivity contribution >= 4 is 5.97 Å². The molecule has 0 spiro atoms. The number of carboxylic acids is 1. The van der Waals surface area contributed by atoms with Crippen LogP contribution in [0.2, 0.25) is 0 Å². The molecule has 1 heterocycles. The van der Waals surface area contributed by atoms with E-state index in [0.29, 0.717) is 23.5 Å². The lowest BCUT2D eigenvalue weighted by Gasteiger charge is -2.29. The maximum absolute atomic E-state index is 11.2. The molecule has 0 aliphatic carbocycles. The third-order valence-electron chi connectivity index (χ3n) is 2.79. The fourth-order valence-corrected chi connectivity index (χ4v) is 2.04. The Hall–Kier alpha value is -1.71. The zero-order valence-corrected chi connectivity index (χ0v) is 9.27. The molecule has 0 saturated heterocycles. The molecule has 1 aromatic rings. The Bertz CT molecular complexity index is 413. The van der Waals surface area contributed by atoms with Crippen LogP contribution >= 0.6 is 0 Å². The average molecular weight is 222 g/mol. The second-order valence-corrected chi connectivity index (χ2v) is 3.93. The highest BCUT2D eigenvalue weighted by Crippen LogP contribution is 2.42. The first kappa shape index (κ1) is 10.8. The lowest BCUT2D eigenvalue weighted by molar-refractivity contribution is -0.139. The zero-order valence-electron chi connectivity index (χ0n) is 9.27. The largest absolute Gasteiger partial charge is 0.493 e. The normalized spacial score (nSPS) is 23.1. The molecular weight excluding hydrogens is 208 g/mol. The fraction of sp³-hybridized carbons (Fsp3) is 0.417. The first-order chi connectivity index (χ1) is 7.63. The van der Waals surface area contributed by atoms with E-state index in [9.17, 15) is 9.90 Å². The Balaban J connectivity index is 2.51. The topological polar surface area (TPSA) is 55.8 Å². The second kappa shape index (κ2) is 4.04. The van der Waals surface area contributed by atoms with Gasteiger partial charge >= 0.3 is 5.97 Å². The molecule has 2 rings (SSSR count). The molecule has 1 aliphatic heterocycles. The van der Waals surface area contributed by atoms with Gasteiger partial charge in [0, 0.05) is 12.0 Å². The van der Waals surface area contributed by atoms with Crippen LogP contribution in [-0.4, -0.2) is 24.3 Å². The van der Waals surface area contributed by atoms with Crippen LogP contribution in [0.5, 0.6) is 11.5 Å². The molecule has 1 N–H and O–H groups in total. The van der Waals surface area contributed by atoms with E-state index in [-0.39, 0.29) is 6.10 Å². The van der Waals surface area contributed by atoms with Gasteiger partial charge < -0.3 is 14.6 Å². The highest BCUT2D eigenvalue weighted by molar-refractivity contribution is 5.78.